The third kappa shape index (κ3) is 9.38. The number of rotatable bonds is 12. The maximum absolute atomic E-state index is 12.8. The molecule has 0 aliphatic carbocycles. The van der Waals surface area contributed by atoms with Gasteiger partial charge in [0.2, 0.25) is 0 Å². The molecule has 1 aromatic rings. The Kier molecular flexibility index (Phi) is 11.0. The molecule has 174 valence electrons. The quantitative estimate of drug-likeness (QED) is 0.231. The van der Waals surface area contributed by atoms with Crippen LogP contribution in [0.4, 0.5) is 4.79 Å². The summed E-state index contributed by atoms with van der Waals surface area (Å²) in [5.74, 6) is -1.59. The minimum absolute atomic E-state index is 0.00471. The molecule has 0 radical (unpaired) electrons. The monoisotopic (exact) mass is 437 g/mol. The molecule has 8 heteroatoms. The number of carbonyl (C=O) groups is 3. The number of amides is 1. The van der Waals surface area contributed by atoms with Crippen LogP contribution in [0.5, 0.6) is 0 Å². The maximum Gasteiger partial charge on any atom is 0.407 e. The first-order valence-corrected chi connectivity index (χ1v) is 10.6. The van der Waals surface area contributed by atoms with Gasteiger partial charge in [0, 0.05) is 13.0 Å². The van der Waals surface area contributed by atoms with E-state index < -0.39 is 29.2 Å². The van der Waals surface area contributed by atoms with Gasteiger partial charge in [-0.25, -0.2) is 14.4 Å². The Bertz CT molecular complexity index is 680. The Morgan fingerprint density at radius 2 is 1.52 bits per heavy atom. The van der Waals surface area contributed by atoms with Gasteiger partial charge in [0.15, 0.2) is 0 Å². The van der Waals surface area contributed by atoms with Crippen molar-refractivity contribution >= 4 is 18.0 Å². The predicted molar refractivity (Wildman–Crippen MR) is 116 cm³/mol. The lowest BCUT2D eigenvalue weighted by Gasteiger charge is -2.29. The van der Waals surface area contributed by atoms with Gasteiger partial charge in [-0.15, -0.1) is 0 Å². The molecule has 0 aliphatic rings. The Hall–Kier alpha value is -2.61. The number of benzene rings is 1. The fourth-order valence-corrected chi connectivity index (χ4v) is 2.80. The molecule has 0 saturated heterocycles. The van der Waals surface area contributed by atoms with Gasteiger partial charge in [0.05, 0.1) is 19.8 Å². The standard InChI is InChI=1S/C23H35NO7/c1-6-28-19(25)23(20(26)29-7-2,30-17-14-18-12-9-8-10-13-18)15-11-16-24-21(27)31-22(3,4)5/h8-10,12-13H,6-7,11,14-17H2,1-5H3,(H,24,27). The number of hydrogen-bond acceptors (Lipinski definition) is 7. The zero-order chi connectivity index (χ0) is 23.3. The van der Waals surface area contributed by atoms with E-state index in [0.717, 1.165) is 5.56 Å². The van der Waals surface area contributed by atoms with Crippen LogP contribution in [0.2, 0.25) is 0 Å². The summed E-state index contributed by atoms with van der Waals surface area (Å²) in [5.41, 5.74) is -1.50. The third-order valence-corrected chi connectivity index (χ3v) is 4.17. The highest BCUT2D eigenvalue weighted by atomic mass is 16.6. The normalized spacial score (nSPS) is 11.5. The van der Waals surface area contributed by atoms with Gasteiger partial charge >= 0.3 is 18.0 Å². The van der Waals surface area contributed by atoms with Crippen LogP contribution in [0.25, 0.3) is 0 Å². The van der Waals surface area contributed by atoms with Gasteiger partial charge in [0.1, 0.15) is 5.60 Å². The fraction of sp³-hybridized carbons (Fsp3) is 0.609. The molecule has 8 nitrogen and oxygen atoms in total. The van der Waals surface area contributed by atoms with E-state index in [2.05, 4.69) is 5.32 Å². The molecular weight excluding hydrogens is 402 g/mol. The van der Waals surface area contributed by atoms with Crippen molar-refractivity contribution in [2.75, 3.05) is 26.4 Å². The van der Waals surface area contributed by atoms with E-state index in [4.69, 9.17) is 18.9 Å². The first-order chi connectivity index (χ1) is 14.6. The summed E-state index contributed by atoms with van der Waals surface area (Å²) in [6.45, 7) is 9.11. The molecule has 0 aromatic heterocycles. The molecular formula is C23H35NO7. The number of carbonyl (C=O) groups excluding carboxylic acids is 3. The molecule has 0 heterocycles. The van der Waals surface area contributed by atoms with Gasteiger partial charge in [-0.3, -0.25) is 0 Å². The smallest absolute Gasteiger partial charge is 0.407 e. The Labute approximate surface area is 184 Å². The molecule has 1 aromatic carbocycles. The lowest BCUT2D eigenvalue weighted by atomic mass is 9.97. The zero-order valence-corrected chi connectivity index (χ0v) is 19.2. The van der Waals surface area contributed by atoms with Gasteiger partial charge in [-0.2, -0.15) is 0 Å². The van der Waals surface area contributed by atoms with Crippen molar-refractivity contribution in [2.24, 2.45) is 0 Å². The number of esters is 2. The summed E-state index contributed by atoms with van der Waals surface area (Å²) in [6.07, 6.45) is 0.213. The minimum atomic E-state index is -1.89. The van der Waals surface area contributed by atoms with E-state index in [1.807, 2.05) is 30.3 Å². The average molecular weight is 438 g/mol. The molecule has 31 heavy (non-hydrogen) atoms. The van der Waals surface area contributed by atoms with Crippen LogP contribution in [0.15, 0.2) is 30.3 Å². The number of hydrogen-bond donors (Lipinski definition) is 1. The van der Waals surface area contributed by atoms with E-state index in [-0.39, 0.29) is 39.2 Å². The molecule has 0 spiro atoms. The lowest BCUT2D eigenvalue weighted by Crippen LogP contribution is -2.52. The van der Waals surface area contributed by atoms with Crippen LogP contribution in [-0.4, -0.2) is 55.6 Å². The molecule has 1 N–H and O–H groups in total. The second kappa shape index (κ2) is 12.9. The molecule has 0 aliphatic heterocycles. The second-order valence-electron chi connectivity index (χ2n) is 7.88. The number of alkyl carbamates (subject to hydrolysis) is 1. The summed E-state index contributed by atoms with van der Waals surface area (Å²) in [5, 5.41) is 2.61. The molecule has 0 unspecified atom stereocenters. The first-order valence-electron chi connectivity index (χ1n) is 10.6. The topological polar surface area (TPSA) is 100 Å². The van der Waals surface area contributed by atoms with E-state index in [1.165, 1.54) is 0 Å². The largest absolute Gasteiger partial charge is 0.463 e. The van der Waals surface area contributed by atoms with Crippen molar-refractivity contribution in [1.82, 2.24) is 5.32 Å². The molecule has 1 rings (SSSR count). The average Bonchev–Trinajstić information content (AvgIpc) is 2.69. The van der Waals surface area contributed by atoms with Crippen molar-refractivity contribution in [3.05, 3.63) is 35.9 Å². The summed E-state index contributed by atoms with van der Waals surface area (Å²) >= 11 is 0. The third-order valence-electron chi connectivity index (χ3n) is 4.17. The van der Waals surface area contributed by atoms with E-state index in [9.17, 15) is 14.4 Å². The second-order valence-corrected chi connectivity index (χ2v) is 7.88. The lowest BCUT2D eigenvalue weighted by molar-refractivity contribution is -0.192. The minimum Gasteiger partial charge on any atom is -0.463 e. The Morgan fingerprint density at radius 1 is 0.935 bits per heavy atom. The van der Waals surface area contributed by atoms with E-state index in [1.54, 1.807) is 34.6 Å². The van der Waals surface area contributed by atoms with Crippen molar-refractivity contribution in [3.8, 4) is 0 Å². The van der Waals surface area contributed by atoms with Crippen LogP contribution in [0, 0.1) is 0 Å². The van der Waals surface area contributed by atoms with Crippen LogP contribution in [0.3, 0.4) is 0 Å². The first kappa shape index (κ1) is 26.4. The van der Waals surface area contributed by atoms with Gasteiger partial charge in [-0.05, 0) is 53.0 Å². The van der Waals surface area contributed by atoms with Crippen molar-refractivity contribution in [2.45, 2.75) is 65.1 Å². The summed E-state index contributed by atoms with van der Waals surface area (Å²) in [4.78, 5) is 37.4. The van der Waals surface area contributed by atoms with Crippen LogP contribution in [-0.2, 0) is 35.0 Å². The summed E-state index contributed by atoms with van der Waals surface area (Å²) < 4.78 is 21.3. The molecule has 1 amide bonds. The van der Waals surface area contributed by atoms with Gasteiger partial charge in [0.25, 0.3) is 5.60 Å². The highest BCUT2D eigenvalue weighted by Crippen LogP contribution is 2.24. The van der Waals surface area contributed by atoms with Crippen LogP contribution < -0.4 is 5.32 Å². The summed E-state index contributed by atoms with van der Waals surface area (Å²) in [6, 6.07) is 9.59. The van der Waals surface area contributed by atoms with Crippen LogP contribution in [0.1, 0.15) is 53.0 Å². The van der Waals surface area contributed by atoms with E-state index >= 15 is 0 Å². The van der Waals surface area contributed by atoms with Crippen molar-refractivity contribution in [1.29, 1.82) is 0 Å². The predicted octanol–water partition coefficient (Wildman–Crippen LogP) is 3.42. The van der Waals surface area contributed by atoms with Gasteiger partial charge < -0.3 is 24.3 Å². The number of ether oxygens (including phenoxy) is 4. The van der Waals surface area contributed by atoms with Crippen LogP contribution >= 0.6 is 0 Å². The number of nitrogens with one attached hydrogen (secondary N) is 1. The fourth-order valence-electron chi connectivity index (χ4n) is 2.80. The summed E-state index contributed by atoms with van der Waals surface area (Å²) in [7, 11) is 0. The molecule has 0 fully saturated rings. The molecule has 0 saturated carbocycles. The Morgan fingerprint density at radius 3 is 2.03 bits per heavy atom. The van der Waals surface area contributed by atoms with Crippen molar-refractivity contribution in [3.63, 3.8) is 0 Å². The van der Waals surface area contributed by atoms with Gasteiger partial charge in [-0.1, -0.05) is 30.3 Å². The maximum atomic E-state index is 12.8. The highest BCUT2D eigenvalue weighted by Gasteiger charge is 2.50. The zero-order valence-electron chi connectivity index (χ0n) is 19.2. The van der Waals surface area contributed by atoms with Crippen molar-refractivity contribution < 1.29 is 33.3 Å². The highest BCUT2D eigenvalue weighted by molar-refractivity contribution is 6.03. The molecule has 0 bridgehead atoms. The SMILES string of the molecule is CCOC(=O)C(CCCNC(=O)OC(C)(C)C)(OCCc1ccccc1)C(=O)OCC. The Balaban J connectivity index is 2.86. The van der Waals surface area contributed by atoms with E-state index in [0.29, 0.717) is 6.42 Å². The molecule has 0 atom stereocenters.